The van der Waals surface area contributed by atoms with Crippen LogP contribution in [0.4, 0.5) is 4.39 Å². The van der Waals surface area contributed by atoms with E-state index in [2.05, 4.69) is 5.10 Å². The van der Waals surface area contributed by atoms with Crippen molar-refractivity contribution in [3.63, 3.8) is 0 Å². The van der Waals surface area contributed by atoms with E-state index < -0.39 is 12.6 Å². The Bertz CT molecular complexity index is 862. The SMILES string of the molecule is CC1(C)Cc2c(cnn2-c2ccccc2F)CN(C(=O)COCC(=O)O)C1. The molecule has 144 valence electrons. The summed E-state index contributed by atoms with van der Waals surface area (Å²) >= 11 is 0. The molecular weight excluding hydrogens is 353 g/mol. The van der Waals surface area contributed by atoms with E-state index in [0.717, 1.165) is 11.3 Å². The number of rotatable bonds is 5. The van der Waals surface area contributed by atoms with Gasteiger partial charge in [0.2, 0.25) is 5.91 Å². The lowest BCUT2D eigenvalue weighted by atomic mass is 9.87. The number of ether oxygens (including phenoxy) is 1. The lowest BCUT2D eigenvalue weighted by molar-refractivity contribution is -0.146. The highest BCUT2D eigenvalue weighted by Crippen LogP contribution is 2.31. The first-order chi connectivity index (χ1) is 12.8. The molecule has 1 aromatic heterocycles. The maximum absolute atomic E-state index is 14.2. The van der Waals surface area contributed by atoms with Crippen LogP contribution in [0, 0.1) is 11.2 Å². The summed E-state index contributed by atoms with van der Waals surface area (Å²) in [5.41, 5.74) is 1.82. The summed E-state index contributed by atoms with van der Waals surface area (Å²) in [7, 11) is 0. The third-order valence-corrected chi connectivity index (χ3v) is 4.47. The quantitative estimate of drug-likeness (QED) is 0.864. The van der Waals surface area contributed by atoms with Crippen LogP contribution in [-0.4, -0.2) is 51.4 Å². The number of para-hydroxylation sites is 1. The first-order valence-corrected chi connectivity index (χ1v) is 8.65. The molecule has 0 fully saturated rings. The van der Waals surface area contributed by atoms with Crippen molar-refractivity contribution in [2.45, 2.75) is 26.8 Å². The number of fused-ring (bicyclic) bond motifs is 1. The molecule has 27 heavy (non-hydrogen) atoms. The number of hydrogen-bond donors (Lipinski definition) is 1. The lowest BCUT2D eigenvalue weighted by Crippen LogP contribution is -2.39. The zero-order valence-electron chi connectivity index (χ0n) is 15.3. The minimum atomic E-state index is -1.12. The molecule has 0 unspecified atom stereocenters. The fraction of sp³-hybridized carbons (Fsp3) is 0.421. The van der Waals surface area contributed by atoms with Gasteiger partial charge < -0.3 is 14.7 Å². The predicted octanol–water partition coefficient (Wildman–Crippen LogP) is 2.02. The zero-order chi connectivity index (χ0) is 19.6. The van der Waals surface area contributed by atoms with Gasteiger partial charge in [0.1, 0.15) is 24.7 Å². The van der Waals surface area contributed by atoms with E-state index in [9.17, 15) is 14.0 Å². The predicted molar refractivity (Wildman–Crippen MR) is 94.9 cm³/mol. The summed E-state index contributed by atoms with van der Waals surface area (Å²) in [5, 5.41) is 13.0. The van der Waals surface area contributed by atoms with Gasteiger partial charge in [-0.2, -0.15) is 5.10 Å². The number of carbonyl (C=O) groups excluding carboxylic acids is 1. The van der Waals surface area contributed by atoms with Gasteiger partial charge >= 0.3 is 5.97 Å². The second-order valence-corrected chi connectivity index (χ2v) is 7.46. The summed E-state index contributed by atoms with van der Waals surface area (Å²) in [5.74, 6) is -1.76. The number of hydrogen-bond acceptors (Lipinski definition) is 4. The van der Waals surface area contributed by atoms with Crippen molar-refractivity contribution in [1.29, 1.82) is 0 Å². The average molecular weight is 375 g/mol. The summed E-state index contributed by atoms with van der Waals surface area (Å²) in [6.45, 7) is 4.05. The number of carbonyl (C=O) groups is 2. The Morgan fingerprint density at radius 2 is 2.04 bits per heavy atom. The largest absolute Gasteiger partial charge is 0.480 e. The van der Waals surface area contributed by atoms with Gasteiger partial charge in [0.25, 0.3) is 0 Å². The summed E-state index contributed by atoms with van der Waals surface area (Å²) in [4.78, 5) is 24.7. The molecule has 1 N–H and O–H groups in total. The Morgan fingerprint density at radius 1 is 1.30 bits per heavy atom. The van der Waals surface area contributed by atoms with Crippen molar-refractivity contribution < 1.29 is 23.8 Å². The van der Waals surface area contributed by atoms with E-state index >= 15 is 0 Å². The second kappa shape index (κ2) is 7.48. The molecule has 0 bridgehead atoms. The van der Waals surface area contributed by atoms with Gasteiger partial charge in [0.05, 0.1) is 6.20 Å². The van der Waals surface area contributed by atoms with Gasteiger partial charge in [-0.3, -0.25) is 4.79 Å². The number of halogens is 1. The Hall–Kier alpha value is -2.74. The number of carboxylic acid groups (broad SMARTS) is 1. The number of carboxylic acids is 1. The molecular formula is C19H22FN3O4. The van der Waals surface area contributed by atoms with Gasteiger partial charge in [-0.05, 0) is 24.0 Å². The molecule has 0 saturated carbocycles. The smallest absolute Gasteiger partial charge is 0.329 e. The van der Waals surface area contributed by atoms with Gasteiger partial charge in [-0.15, -0.1) is 0 Å². The van der Waals surface area contributed by atoms with E-state index in [-0.39, 0.29) is 23.7 Å². The van der Waals surface area contributed by atoms with Crippen LogP contribution < -0.4 is 0 Å². The van der Waals surface area contributed by atoms with E-state index in [1.165, 1.54) is 6.07 Å². The average Bonchev–Trinajstić information content (AvgIpc) is 2.89. The van der Waals surface area contributed by atoms with E-state index in [4.69, 9.17) is 9.84 Å². The van der Waals surface area contributed by atoms with Crippen LogP contribution in [0.2, 0.25) is 0 Å². The second-order valence-electron chi connectivity index (χ2n) is 7.46. The number of benzene rings is 1. The van der Waals surface area contributed by atoms with Gasteiger partial charge in [0, 0.05) is 24.3 Å². The lowest BCUT2D eigenvalue weighted by Gasteiger charge is -2.29. The molecule has 0 radical (unpaired) electrons. The van der Waals surface area contributed by atoms with Crippen molar-refractivity contribution in [2.75, 3.05) is 19.8 Å². The number of nitrogens with zero attached hydrogens (tertiary/aromatic N) is 3. The summed E-state index contributed by atoms with van der Waals surface area (Å²) in [6.07, 6.45) is 2.28. The normalized spacial score (nSPS) is 15.9. The molecule has 8 heteroatoms. The van der Waals surface area contributed by atoms with Gasteiger partial charge in [0.15, 0.2) is 0 Å². The van der Waals surface area contributed by atoms with Gasteiger partial charge in [-0.1, -0.05) is 26.0 Å². The Morgan fingerprint density at radius 3 is 2.74 bits per heavy atom. The Kier molecular flexibility index (Phi) is 5.27. The molecule has 0 atom stereocenters. The molecule has 0 saturated heterocycles. The van der Waals surface area contributed by atoms with Crippen LogP contribution >= 0.6 is 0 Å². The Balaban J connectivity index is 1.87. The third-order valence-electron chi connectivity index (χ3n) is 4.47. The molecule has 3 rings (SSSR count). The fourth-order valence-electron chi connectivity index (χ4n) is 3.34. The first kappa shape index (κ1) is 19.0. The maximum Gasteiger partial charge on any atom is 0.329 e. The van der Waals surface area contributed by atoms with Crippen LogP contribution in [0.5, 0.6) is 0 Å². The summed E-state index contributed by atoms with van der Waals surface area (Å²) in [6, 6.07) is 6.44. The monoisotopic (exact) mass is 375 g/mol. The number of amides is 1. The highest BCUT2D eigenvalue weighted by Gasteiger charge is 2.33. The van der Waals surface area contributed by atoms with E-state index in [0.29, 0.717) is 25.2 Å². The van der Waals surface area contributed by atoms with Crippen LogP contribution in [0.25, 0.3) is 5.69 Å². The van der Waals surface area contributed by atoms with Crippen LogP contribution in [0.3, 0.4) is 0 Å². The molecule has 1 aliphatic heterocycles. The molecule has 7 nitrogen and oxygen atoms in total. The van der Waals surface area contributed by atoms with Crippen LogP contribution in [0.15, 0.2) is 30.5 Å². The number of aromatic nitrogens is 2. The summed E-state index contributed by atoms with van der Waals surface area (Å²) < 4.78 is 20.8. The Labute approximate surface area is 156 Å². The standard InChI is InChI=1S/C19H22FN3O4/c1-19(2)7-16-13(8-21-23(16)15-6-4-3-5-14(15)20)9-22(12-19)17(24)10-27-11-18(25)26/h3-6,8H,7,9-12H2,1-2H3,(H,25,26). The maximum atomic E-state index is 14.2. The van der Waals surface area contributed by atoms with Crippen molar-refractivity contribution in [1.82, 2.24) is 14.7 Å². The molecule has 1 amide bonds. The zero-order valence-corrected chi connectivity index (χ0v) is 15.3. The fourth-order valence-corrected chi connectivity index (χ4v) is 3.34. The van der Waals surface area contributed by atoms with Crippen LogP contribution in [-0.2, 0) is 27.3 Å². The molecule has 2 heterocycles. The molecule has 2 aromatic rings. The molecule has 0 spiro atoms. The minimum absolute atomic E-state index is 0.267. The van der Waals surface area contributed by atoms with Gasteiger partial charge in [-0.25, -0.2) is 13.9 Å². The minimum Gasteiger partial charge on any atom is -0.480 e. The highest BCUT2D eigenvalue weighted by atomic mass is 19.1. The molecule has 1 aromatic carbocycles. The molecule has 0 aliphatic carbocycles. The molecule has 1 aliphatic rings. The van der Waals surface area contributed by atoms with E-state index in [1.807, 2.05) is 13.8 Å². The van der Waals surface area contributed by atoms with E-state index in [1.54, 1.807) is 34.0 Å². The topological polar surface area (TPSA) is 84.7 Å². The van der Waals surface area contributed by atoms with Crippen molar-refractivity contribution in [3.8, 4) is 5.69 Å². The first-order valence-electron chi connectivity index (χ1n) is 8.65. The van der Waals surface area contributed by atoms with Crippen molar-refractivity contribution >= 4 is 11.9 Å². The highest BCUT2D eigenvalue weighted by molar-refractivity contribution is 5.78. The van der Waals surface area contributed by atoms with Crippen LogP contribution in [0.1, 0.15) is 25.1 Å². The third kappa shape index (κ3) is 4.33. The number of aliphatic carboxylic acids is 1. The van der Waals surface area contributed by atoms with Crippen molar-refractivity contribution in [3.05, 3.63) is 47.5 Å². The van der Waals surface area contributed by atoms with Crippen molar-refractivity contribution in [2.24, 2.45) is 5.41 Å².